The molecule has 2 atom stereocenters. The highest BCUT2D eigenvalue weighted by molar-refractivity contribution is 5.98. The molecule has 0 aromatic heterocycles. The Kier molecular flexibility index (Phi) is 5.85. The van der Waals surface area contributed by atoms with E-state index in [2.05, 4.69) is 29.6 Å². The molecule has 1 N–H and O–H groups in total. The van der Waals surface area contributed by atoms with Gasteiger partial charge in [-0.05, 0) is 69.4 Å². The topological polar surface area (TPSA) is 46.2 Å². The molecule has 0 unspecified atom stereocenters. The van der Waals surface area contributed by atoms with E-state index in [9.17, 15) is 9.59 Å². The highest BCUT2D eigenvalue weighted by Gasteiger charge is 2.52. The Morgan fingerprint density at radius 3 is 2.12 bits per heavy atom. The lowest BCUT2D eigenvalue weighted by Crippen LogP contribution is -2.16. The van der Waals surface area contributed by atoms with Gasteiger partial charge in [-0.3, -0.25) is 9.59 Å². The van der Waals surface area contributed by atoms with Gasteiger partial charge in [0, 0.05) is 17.2 Å². The number of carbonyl (C=O) groups is 2. The fraction of sp³-hybridized carbons (Fsp3) is 0.455. The normalized spacial score (nSPS) is 26.0. The lowest BCUT2D eigenvalue weighted by Gasteiger charge is -2.06. The van der Waals surface area contributed by atoms with Crippen molar-refractivity contribution in [3.8, 4) is 0 Å². The lowest BCUT2D eigenvalue weighted by molar-refractivity contribution is -0.117. The van der Waals surface area contributed by atoms with Crippen LogP contribution in [0.2, 0.25) is 0 Å². The summed E-state index contributed by atoms with van der Waals surface area (Å²) < 4.78 is 0. The summed E-state index contributed by atoms with van der Waals surface area (Å²) in [5, 5.41) is 3.03. The number of rotatable bonds is 3. The molecule has 1 amide bonds. The zero-order valence-corrected chi connectivity index (χ0v) is 14.9. The monoisotopic (exact) mass is 337 g/mol. The number of benzene rings is 1. The summed E-state index contributed by atoms with van der Waals surface area (Å²) in [6.45, 7) is 1.54. The third kappa shape index (κ3) is 4.68. The van der Waals surface area contributed by atoms with Crippen molar-refractivity contribution in [1.29, 1.82) is 0 Å². The van der Waals surface area contributed by atoms with E-state index < -0.39 is 0 Å². The van der Waals surface area contributed by atoms with E-state index in [1.54, 1.807) is 19.1 Å². The van der Waals surface area contributed by atoms with E-state index in [0.717, 1.165) is 44.2 Å². The number of carbonyl (C=O) groups excluding carboxylic acids is 2. The molecule has 2 aliphatic rings. The van der Waals surface area contributed by atoms with Crippen molar-refractivity contribution in [3.05, 3.63) is 54.1 Å². The van der Waals surface area contributed by atoms with Crippen LogP contribution in [-0.4, -0.2) is 11.7 Å². The molecule has 3 nitrogen and oxygen atoms in total. The van der Waals surface area contributed by atoms with Gasteiger partial charge in [-0.15, -0.1) is 0 Å². The van der Waals surface area contributed by atoms with Crippen molar-refractivity contribution in [2.24, 2.45) is 17.8 Å². The standard InChI is InChI=1S/C22H27NO2/c1-16(24)17-11-10-12-18(15-17)23-22(25)21-19-13-8-6-4-2-3-5-7-9-14-20(19)21/h4-7,10-12,15,19-21H,2-3,8-9,13-14H2,1H3,(H,23,25)/t19-,20-,21?/m0/s1. The fourth-order valence-corrected chi connectivity index (χ4v) is 3.90. The third-order valence-corrected chi connectivity index (χ3v) is 5.34. The van der Waals surface area contributed by atoms with Crippen molar-refractivity contribution < 1.29 is 9.59 Å². The van der Waals surface area contributed by atoms with Crippen molar-refractivity contribution in [1.82, 2.24) is 0 Å². The number of Topliss-reactive ketones (excluding diaryl/α,β-unsaturated/α-hetero) is 1. The zero-order chi connectivity index (χ0) is 17.6. The molecule has 3 heteroatoms. The van der Waals surface area contributed by atoms with Crippen LogP contribution in [0.3, 0.4) is 0 Å². The second kappa shape index (κ2) is 8.28. The summed E-state index contributed by atoms with van der Waals surface area (Å²) in [7, 11) is 0. The van der Waals surface area contributed by atoms with Gasteiger partial charge in [0.2, 0.25) is 5.91 Å². The fourth-order valence-electron chi connectivity index (χ4n) is 3.90. The van der Waals surface area contributed by atoms with Crippen LogP contribution in [0.1, 0.15) is 55.8 Å². The van der Waals surface area contributed by atoms with Crippen LogP contribution < -0.4 is 5.32 Å². The van der Waals surface area contributed by atoms with Crippen LogP contribution in [0.5, 0.6) is 0 Å². The zero-order valence-electron chi connectivity index (χ0n) is 14.9. The van der Waals surface area contributed by atoms with Gasteiger partial charge in [-0.1, -0.05) is 36.4 Å². The van der Waals surface area contributed by atoms with Gasteiger partial charge in [0.05, 0.1) is 0 Å². The van der Waals surface area contributed by atoms with Gasteiger partial charge in [0.25, 0.3) is 0 Å². The third-order valence-electron chi connectivity index (χ3n) is 5.34. The van der Waals surface area contributed by atoms with Crippen LogP contribution in [-0.2, 0) is 4.79 Å². The molecule has 0 bridgehead atoms. The number of hydrogen-bond acceptors (Lipinski definition) is 2. The average Bonchev–Trinajstić information content (AvgIpc) is 3.27. The molecule has 0 saturated heterocycles. The summed E-state index contributed by atoms with van der Waals surface area (Å²) in [6.07, 6.45) is 15.6. The van der Waals surface area contributed by atoms with Crippen molar-refractivity contribution in [3.63, 3.8) is 0 Å². The van der Waals surface area contributed by atoms with Crippen LogP contribution in [0.25, 0.3) is 0 Å². The summed E-state index contributed by atoms with van der Waals surface area (Å²) >= 11 is 0. The van der Waals surface area contributed by atoms with Crippen LogP contribution in [0.15, 0.2) is 48.6 Å². The first-order valence-corrected chi connectivity index (χ1v) is 9.38. The van der Waals surface area contributed by atoms with Gasteiger partial charge < -0.3 is 5.32 Å². The van der Waals surface area contributed by atoms with Crippen molar-refractivity contribution in [2.75, 3.05) is 5.32 Å². The molecular formula is C22H27NO2. The number of allylic oxidation sites excluding steroid dienone is 4. The molecule has 0 heterocycles. The van der Waals surface area contributed by atoms with Gasteiger partial charge in [0.1, 0.15) is 0 Å². The Balaban J connectivity index is 1.63. The Morgan fingerprint density at radius 2 is 1.52 bits per heavy atom. The highest BCUT2D eigenvalue weighted by Crippen LogP contribution is 2.52. The SMILES string of the molecule is CC(=O)c1cccc(NC(=O)C2[C@H]3CCC=CCCC=CCC[C@H]23)c1. The number of anilines is 1. The van der Waals surface area contributed by atoms with E-state index in [0.29, 0.717) is 17.4 Å². The molecule has 0 radical (unpaired) electrons. The predicted octanol–water partition coefficient (Wildman–Crippen LogP) is 5.16. The molecule has 1 fully saturated rings. The van der Waals surface area contributed by atoms with E-state index in [1.165, 1.54) is 0 Å². The molecule has 3 rings (SSSR count). The van der Waals surface area contributed by atoms with E-state index in [-0.39, 0.29) is 17.6 Å². The largest absolute Gasteiger partial charge is 0.326 e. The molecular weight excluding hydrogens is 310 g/mol. The first-order chi connectivity index (χ1) is 12.2. The van der Waals surface area contributed by atoms with E-state index in [1.807, 2.05) is 12.1 Å². The smallest absolute Gasteiger partial charge is 0.228 e. The summed E-state index contributed by atoms with van der Waals surface area (Å²) in [6, 6.07) is 7.21. The molecule has 1 saturated carbocycles. The van der Waals surface area contributed by atoms with E-state index in [4.69, 9.17) is 0 Å². The molecule has 1 aromatic rings. The Bertz CT molecular complexity index is 665. The minimum Gasteiger partial charge on any atom is -0.326 e. The number of fused-ring (bicyclic) bond motifs is 1. The number of nitrogens with one attached hydrogen (secondary N) is 1. The van der Waals surface area contributed by atoms with Gasteiger partial charge >= 0.3 is 0 Å². The lowest BCUT2D eigenvalue weighted by atomic mass is 10.1. The molecule has 1 aromatic carbocycles. The summed E-state index contributed by atoms with van der Waals surface area (Å²) in [4.78, 5) is 24.2. The van der Waals surface area contributed by atoms with Crippen molar-refractivity contribution >= 4 is 17.4 Å². The van der Waals surface area contributed by atoms with E-state index >= 15 is 0 Å². The molecule has 2 aliphatic carbocycles. The first kappa shape index (κ1) is 17.7. The first-order valence-electron chi connectivity index (χ1n) is 9.38. The minimum atomic E-state index is 0.0161. The summed E-state index contributed by atoms with van der Waals surface area (Å²) in [5.41, 5.74) is 1.36. The maximum atomic E-state index is 12.7. The van der Waals surface area contributed by atoms with Crippen LogP contribution >= 0.6 is 0 Å². The Morgan fingerprint density at radius 1 is 0.920 bits per heavy atom. The maximum absolute atomic E-state index is 12.7. The average molecular weight is 337 g/mol. The van der Waals surface area contributed by atoms with Gasteiger partial charge in [0.15, 0.2) is 5.78 Å². The quantitative estimate of drug-likeness (QED) is 0.612. The molecule has 132 valence electrons. The van der Waals surface area contributed by atoms with Crippen LogP contribution in [0, 0.1) is 17.8 Å². The highest BCUT2D eigenvalue weighted by atomic mass is 16.2. The summed E-state index contributed by atoms with van der Waals surface area (Å²) in [5.74, 6) is 1.23. The van der Waals surface area contributed by atoms with Crippen LogP contribution in [0.4, 0.5) is 5.69 Å². The minimum absolute atomic E-state index is 0.0161. The number of ketones is 1. The predicted molar refractivity (Wildman–Crippen MR) is 102 cm³/mol. The van der Waals surface area contributed by atoms with Crippen molar-refractivity contribution in [2.45, 2.75) is 45.4 Å². The van der Waals surface area contributed by atoms with Gasteiger partial charge in [-0.2, -0.15) is 0 Å². The maximum Gasteiger partial charge on any atom is 0.228 e. The van der Waals surface area contributed by atoms with Gasteiger partial charge in [-0.25, -0.2) is 0 Å². The second-order valence-electron chi connectivity index (χ2n) is 7.15. The Hall–Kier alpha value is -2.16. The Labute approximate surface area is 150 Å². The molecule has 0 aliphatic heterocycles. The second-order valence-corrected chi connectivity index (χ2v) is 7.15. The number of hydrogen-bond donors (Lipinski definition) is 1. The number of amides is 1. The molecule has 0 spiro atoms. The molecule has 25 heavy (non-hydrogen) atoms.